The van der Waals surface area contributed by atoms with Crippen LogP contribution in [0.5, 0.6) is 0 Å². The molecule has 2 rings (SSSR count). The van der Waals surface area contributed by atoms with Gasteiger partial charge in [-0.3, -0.25) is 0 Å². The average molecular weight is 203 g/mol. The van der Waals surface area contributed by atoms with E-state index in [2.05, 4.69) is 17.2 Å². The Bertz CT molecular complexity index is 424. The van der Waals surface area contributed by atoms with Gasteiger partial charge in [-0.25, -0.2) is 0 Å². The van der Waals surface area contributed by atoms with Gasteiger partial charge in [0.2, 0.25) is 0 Å². The van der Waals surface area contributed by atoms with Crippen molar-refractivity contribution in [1.82, 2.24) is 10.1 Å². The summed E-state index contributed by atoms with van der Waals surface area (Å²) in [5, 5.41) is 5.58. The number of nitrogens with zero attached hydrogens (tertiary/aromatic N) is 2. The number of hydrogen-bond donors (Lipinski definition) is 1. The first-order chi connectivity index (χ1) is 7.31. The van der Waals surface area contributed by atoms with Gasteiger partial charge in [-0.2, -0.15) is 12.0 Å². The van der Waals surface area contributed by atoms with Gasteiger partial charge < -0.3 is 9.84 Å². The topological polar surface area (TPSA) is 55.5 Å². The zero-order valence-electron chi connectivity index (χ0n) is 8.55. The fourth-order valence-electron chi connectivity index (χ4n) is 1.48. The lowest BCUT2D eigenvalue weighted by Crippen LogP contribution is -2.78. The lowest BCUT2D eigenvalue weighted by atomic mass is 10.1. The maximum atomic E-state index is 5.14. The molecule has 0 fully saturated rings. The van der Waals surface area contributed by atoms with Crippen LogP contribution >= 0.6 is 0 Å². The molecule has 0 saturated carbocycles. The van der Waals surface area contributed by atoms with E-state index < -0.39 is 0 Å². The molecule has 1 heterocycles. The van der Waals surface area contributed by atoms with Gasteiger partial charge in [-0.1, -0.05) is 35.5 Å². The third-order valence-electron chi connectivity index (χ3n) is 2.20. The summed E-state index contributed by atoms with van der Waals surface area (Å²) in [5.74, 6) is 1.24. The van der Waals surface area contributed by atoms with Crippen LogP contribution in [0, 0.1) is 14.0 Å². The first-order valence-electron chi connectivity index (χ1n) is 4.79. The third-order valence-corrected chi connectivity index (χ3v) is 2.20. The molecule has 1 unspecified atom stereocenters. The second kappa shape index (κ2) is 4.23. The highest BCUT2D eigenvalue weighted by Crippen LogP contribution is 2.15. The van der Waals surface area contributed by atoms with Crippen molar-refractivity contribution in [1.29, 1.82) is 0 Å². The van der Waals surface area contributed by atoms with Crippen LogP contribution in [0.3, 0.4) is 0 Å². The minimum atomic E-state index is -0.0209. The van der Waals surface area contributed by atoms with E-state index in [1.807, 2.05) is 35.6 Å². The first kappa shape index (κ1) is 9.86. The molecule has 2 aromatic rings. The Kier molecular flexibility index (Phi) is 2.78. The van der Waals surface area contributed by atoms with E-state index in [1.165, 1.54) is 0 Å². The van der Waals surface area contributed by atoms with Crippen LogP contribution in [0.1, 0.15) is 23.3 Å². The van der Waals surface area contributed by atoms with E-state index in [9.17, 15) is 0 Å². The molecular weight excluding hydrogens is 190 g/mol. The van der Waals surface area contributed by atoms with E-state index in [1.54, 1.807) is 6.92 Å². The van der Waals surface area contributed by atoms with Crippen molar-refractivity contribution in [2.45, 2.75) is 13.0 Å². The van der Waals surface area contributed by atoms with Gasteiger partial charge >= 0.3 is 0 Å². The molecule has 15 heavy (non-hydrogen) atoms. The van der Waals surface area contributed by atoms with Gasteiger partial charge in [0.25, 0.3) is 5.89 Å². The fraction of sp³-hybridized carbons (Fsp3) is 0.182. The predicted octanol–water partition coefficient (Wildman–Crippen LogP) is 0.822. The number of aromatic nitrogens is 2. The van der Waals surface area contributed by atoms with Crippen molar-refractivity contribution < 1.29 is 9.84 Å². The summed E-state index contributed by atoms with van der Waals surface area (Å²) >= 11 is 0. The zero-order chi connectivity index (χ0) is 10.7. The number of nitrogens with two attached hydrogens (primary N) is 1. The fourth-order valence-corrected chi connectivity index (χ4v) is 1.48. The molecule has 1 atom stereocenters. The Morgan fingerprint density at radius 1 is 1.33 bits per heavy atom. The lowest BCUT2D eigenvalue weighted by Gasteiger charge is -2.11. The highest BCUT2D eigenvalue weighted by molar-refractivity contribution is 5.21. The van der Waals surface area contributed by atoms with Crippen molar-refractivity contribution in [3.05, 3.63) is 54.7 Å². The van der Waals surface area contributed by atoms with Gasteiger partial charge in [-0.15, -0.1) is 0 Å². The number of benzene rings is 1. The molecule has 2 N–H and O–H groups in total. The Balaban J connectivity index is 2.33. The standard InChI is InChI=1S/C11H13N3O/c1-8-13-11(15-14-8)10(12-2)9-6-4-3-5-7-9/h3-7,10H,2,12H2,1H3. The van der Waals surface area contributed by atoms with Gasteiger partial charge in [0.05, 0.1) is 0 Å². The zero-order valence-corrected chi connectivity index (χ0v) is 8.55. The summed E-state index contributed by atoms with van der Waals surface area (Å²) in [7, 11) is 3.80. The van der Waals surface area contributed by atoms with Gasteiger partial charge in [-0.05, 0) is 6.92 Å². The molecule has 4 heteroatoms. The molecule has 1 aromatic carbocycles. The van der Waals surface area contributed by atoms with E-state index >= 15 is 0 Å². The summed E-state index contributed by atoms with van der Waals surface area (Å²) in [6.07, 6.45) is 0. The summed E-state index contributed by atoms with van der Waals surface area (Å²) < 4.78 is 5.14. The quantitative estimate of drug-likeness (QED) is 0.751. The van der Waals surface area contributed by atoms with Crippen LogP contribution in [0.25, 0.3) is 0 Å². The maximum Gasteiger partial charge on any atom is 0.287 e. The Labute approximate surface area is 88.3 Å². The molecule has 4 nitrogen and oxygen atoms in total. The molecule has 0 spiro atoms. The van der Waals surface area contributed by atoms with Crippen LogP contribution < -0.4 is 5.32 Å². The molecule has 0 saturated heterocycles. The lowest BCUT2D eigenvalue weighted by molar-refractivity contribution is -0.633. The van der Waals surface area contributed by atoms with Crippen LogP contribution in [0.15, 0.2) is 34.9 Å². The largest absolute Gasteiger partial charge is 0.465 e. The van der Waals surface area contributed by atoms with E-state index in [0.29, 0.717) is 11.7 Å². The first-order valence-corrected chi connectivity index (χ1v) is 4.79. The highest BCUT2D eigenvalue weighted by atomic mass is 16.5. The second-order valence-corrected chi connectivity index (χ2v) is 3.30. The summed E-state index contributed by atoms with van der Waals surface area (Å²) in [6.45, 7) is 1.80. The highest BCUT2D eigenvalue weighted by Gasteiger charge is 2.19. The number of quaternary nitrogens is 1. The third kappa shape index (κ3) is 2.05. The van der Waals surface area contributed by atoms with Crippen LogP contribution in [0.4, 0.5) is 0 Å². The molecule has 0 radical (unpaired) electrons. The van der Waals surface area contributed by atoms with Crippen molar-refractivity contribution in [3.8, 4) is 0 Å². The number of aryl methyl sites for hydroxylation is 1. The SMILES string of the molecule is [CH2-][NH2+]C(c1ccccc1)c1nc(C)no1. The van der Waals surface area contributed by atoms with Crippen LogP contribution in [-0.4, -0.2) is 10.1 Å². The minimum Gasteiger partial charge on any atom is -0.465 e. The van der Waals surface area contributed by atoms with Crippen molar-refractivity contribution in [2.75, 3.05) is 0 Å². The average Bonchev–Trinajstić information content (AvgIpc) is 2.68. The number of rotatable bonds is 3. The molecule has 0 aliphatic carbocycles. The van der Waals surface area contributed by atoms with E-state index in [0.717, 1.165) is 5.56 Å². The number of hydrogen-bond acceptors (Lipinski definition) is 3. The Morgan fingerprint density at radius 3 is 2.60 bits per heavy atom. The van der Waals surface area contributed by atoms with Gasteiger partial charge in [0, 0.05) is 5.56 Å². The van der Waals surface area contributed by atoms with Crippen LogP contribution in [-0.2, 0) is 0 Å². The summed E-state index contributed by atoms with van der Waals surface area (Å²) in [6, 6.07) is 9.96. The molecule has 0 bridgehead atoms. The minimum absolute atomic E-state index is 0.0209. The molecular formula is C11H13N3O. The molecule has 78 valence electrons. The van der Waals surface area contributed by atoms with Crippen LogP contribution in [0.2, 0.25) is 0 Å². The summed E-state index contributed by atoms with van der Waals surface area (Å²) in [4.78, 5) is 4.21. The normalized spacial score (nSPS) is 12.7. The Hall–Kier alpha value is -1.68. The smallest absolute Gasteiger partial charge is 0.287 e. The molecule has 1 aromatic heterocycles. The molecule has 0 aliphatic heterocycles. The van der Waals surface area contributed by atoms with Crippen molar-refractivity contribution in [3.63, 3.8) is 0 Å². The van der Waals surface area contributed by atoms with Gasteiger partial charge in [0.15, 0.2) is 11.9 Å². The van der Waals surface area contributed by atoms with Crippen molar-refractivity contribution >= 4 is 0 Å². The van der Waals surface area contributed by atoms with E-state index in [-0.39, 0.29) is 6.04 Å². The maximum absolute atomic E-state index is 5.14. The molecule has 0 amide bonds. The van der Waals surface area contributed by atoms with Gasteiger partial charge in [0.1, 0.15) is 0 Å². The van der Waals surface area contributed by atoms with E-state index in [4.69, 9.17) is 4.52 Å². The monoisotopic (exact) mass is 203 g/mol. The molecule has 0 aliphatic rings. The summed E-state index contributed by atoms with van der Waals surface area (Å²) in [5.41, 5.74) is 1.11. The predicted molar refractivity (Wildman–Crippen MR) is 54.6 cm³/mol. The Morgan fingerprint density at radius 2 is 2.07 bits per heavy atom. The second-order valence-electron chi connectivity index (χ2n) is 3.30. The van der Waals surface area contributed by atoms with Crippen molar-refractivity contribution in [2.24, 2.45) is 0 Å².